The number of nitrogens with zero attached hydrogens (tertiary/aromatic N) is 3. The molecule has 124 valence electrons. The van der Waals surface area contributed by atoms with Gasteiger partial charge in [0.2, 0.25) is 0 Å². The second kappa shape index (κ2) is 5.70. The van der Waals surface area contributed by atoms with Gasteiger partial charge in [-0.3, -0.25) is 9.36 Å². The third-order valence-electron chi connectivity index (χ3n) is 4.51. The lowest BCUT2D eigenvalue weighted by Gasteiger charge is -2.10. The van der Waals surface area contributed by atoms with Crippen LogP contribution in [0, 0.1) is 13.8 Å². The van der Waals surface area contributed by atoms with Gasteiger partial charge >= 0.3 is 0 Å². The van der Waals surface area contributed by atoms with E-state index in [9.17, 15) is 4.79 Å². The fourth-order valence-electron chi connectivity index (χ4n) is 3.09. The second-order valence-corrected chi connectivity index (χ2v) is 6.05. The van der Waals surface area contributed by atoms with Crippen molar-refractivity contribution in [3.8, 4) is 22.4 Å². The Morgan fingerprint density at radius 1 is 1.00 bits per heavy atom. The summed E-state index contributed by atoms with van der Waals surface area (Å²) in [6.45, 7) is 3.71. The average molecular weight is 331 g/mol. The monoisotopic (exact) mass is 331 g/mol. The Labute approximate surface area is 144 Å². The Balaban J connectivity index is 2.08. The number of aryl methyl sites for hydroxylation is 2. The first kappa shape index (κ1) is 15.3. The van der Waals surface area contributed by atoms with Crippen LogP contribution in [0.5, 0.6) is 0 Å². The fourth-order valence-corrected chi connectivity index (χ4v) is 3.09. The topological polar surface area (TPSA) is 60.9 Å². The molecule has 0 unspecified atom stereocenters. The minimum atomic E-state index is -0.0558. The normalized spacial score (nSPS) is 11.2. The number of fused-ring (bicyclic) bond motifs is 1. The molecule has 0 aliphatic carbocycles. The quantitative estimate of drug-likeness (QED) is 0.559. The molecule has 0 N–H and O–H groups in total. The van der Waals surface area contributed by atoms with Gasteiger partial charge in [-0.2, -0.15) is 0 Å². The molecule has 25 heavy (non-hydrogen) atoms. The van der Waals surface area contributed by atoms with E-state index in [0.717, 1.165) is 22.4 Å². The summed E-state index contributed by atoms with van der Waals surface area (Å²) < 4.78 is 7.04. The van der Waals surface area contributed by atoms with Gasteiger partial charge in [-0.25, -0.2) is 4.98 Å². The van der Waals surface area contributed by atoms with E-state index in [0.29, 0.717) is 22.5 Å². The molecule has 2 aromatic carbocycles. The van der Waals surface area contributed by atoms with Crippen LogP contribution in [0.4, 0.5) is 0 Å². The van der Waals surface area contributed by atoms with Crippen LogP contribution in [0.3, 0.4) is 0 Å². The summed E-state index contributed by atoms with van der Waals surface area (Å²) in [6.07, 6.45) is 0. The molecule has 5 nitrogen and oxygen atoms in total. The SMILES string of the molecule is Cc1onc(-c2ccccc2)c1-c1cccc2c(=O)n(C)c(C)nc12. The van der Waals surface area contributed by atoms with Crippen LogP contribution < -0.4 is 5.56 Å². The first-order valence-corrected chi connectivity index (χ1v) is 8.06. The highest BCUT2D eigenvalue weighted by Crippen LogP contribution is 2.36. The fraction of sp³-hybridized carbons (Fsp3) is 0.150. The maximum Gasteiger partial charge on any atom is 0.261 e. The van der Waals surface area contributed by atoms with Crippen LogP contribution in [0.15, 0.2) is 57.8 Å². The molecular weight excluding hydrogens is 314 g/mol. The zero-order valence-electron chi connectivity index (χ0n) is 14.3. The summed E-state index contributed by atoms with van der Waals surface area (Å²) in [5, 5.41) is 4.83. The van der Waals surface area contributed by atoms with Crippen LogP contribution in [-0.4, -0.2) is 14.7 Å². The van der Waals surface area contributed by atoms with Gasteiger partial charge in [0.05, 0.1) is 16.5 Å². The molecule has 5 heteroatoms. The molecule has 0 bridgehead atoms. The Morgan fingerprint density at radius 2 is 1.76 bits per heavy atom. The standard InChI is InChI=1S/C20H17N3O2/c1-12-17(18(22-25-12)14-8-5-4-6-9-14)15-10-7-11-16-19(15)21-13(2)23(3)20(16)24/h4-11H,1-3H3. The summed E-state index contributed by atoms with van der Waals surface area (Å²) >= 11 is 0. The summed E-state index contributed by atoms with van der Waals surface area (Å²) in [5.41, 5.74) is 4.07. The molecular formula is C20H17N3O2. The molecule has 2 aromatic heterocycles. The first-order chi connectivity index (χ1) is 12.1. The predicted octanol–water partition coefficient (Wildman–Crippen LogP) is 3.87. The van der Waals surface area contributed by atoms with E-state index in [1.807, 2.05) is 56.3 Å². The van der Waals surface area contributed by atoms with Gasteiger partial charge in [-0.05, 0) is 19.9 Å². The van der Waals surface area contributed by atoms with Crippen molar-refractivity contribution in [3.63, 3.8) is 0 Å². The number of hydrogen-bond acceptors (Lipinski definition) is 4. The Morgan fingerprint density at radius 3 is 2.52 bits per heavy atom. The largest absolute Gasteiger partial charge is 0.360 e. The Bertz CT molecular complexity index is 1140. The van der Waals surface area contributed by atoms with Gasteiger partial charge in [0.25, 0.3) is 5.56 Å². The lowest BCUT2D eigenvalue weighted by atomic mass is 9.97. The lowest BCUT2D eigenvalue weighted by molar-refractivity contribution is 0.400. The molecule has 0 aliphatic rings. The summed E-state index contributed by atoms with van der Waals surface area (Å²) in [6, 6.07) is 15.5. The van der Waals surface area contributed by atoms with Gasteiger partial charge in [0, 0.05) is 18.2 Å². The smallest absolute Gasteiger partial charge is 0.261 e. The van der Waals surface area contributed by atoms with Crippen molar-refractivity contribution in [1.29, 1.82) is 0 Å². The molecule has 0 saturated heterocycles. The predicted molar refractivity (Wildman–Crippen MR) is 97.4 cm³/mol. The third kappa shape index (κ3) is 2.36. The second-order valence-electron chi connectivity index (χ2n) is 6.05. The van der Waals surface area contributed by atoms with Gasteiger partial charge in [0.1, 0.15) is 17.3 Å². The average Bonchev–Trinajstić information content (AvgIpc) is 3.01. The summed E-state index contributed by atoms with van der Waals surface area (Å²) in [7, 11) is 1.73. The van der Waals surface area contributed by atoms with Gasteiger partial charge in [-0.1, -0.05) is 47.6 Å². The zero-order valence-corrected chi connectivity index (χ0v) is 14.3. The van der Waals surface area contributed by atoms with Crippen LogP contribution in [0.1, 0.15) is 11.6 Å². The number of benzene rings is 2. The van der Waals surface area contributed by atoms with E-state index in [2.05, 4.69) is 10.1 Å². The van der Waals surface area contributed by atoms with E-state index in [1.165, 1.54) is 0 Å². The molecule has 0 atom stereocenters. The summed E-state index contributed by atoms with van der Waals surface area (Å²) in [5.74, 6) is 1.37. The highest BCUT2D eigenvalue weighted by molar-refractivity contribution is 5.97. The van der Waals surface area contributed by atoms with Crippen molar-refractivity contribution < 1.29 is 4.52 Å². The zero-order chi connectivity index (χ0) is 17.6. The molecule has 4 rings (SSSR count). The number of aromatic nitrogens is 3. The highest BCUT2D eigenvalue weighted by atomic mass is 16.5. The van der Waals surface area contributed by atoms with E-state index in [-0.39, 0.29) is 5.56 Å². The van der Waals surface area contributed by atoms with E-state index in [1.54, 1.807) is 17.7 Å². The van der Waals surface area contributed by atoms with Crippen LogP contribution >= 0.6 is 0 Å². The van der Waals surface area contributed by atoms with Crippen molar-refractivity contribution in [2.75, 3.05) is 0 Å². The van der Waals surface area contributed by atoms with E-state index < -0.39 is 0 Å². The molecule has 2 heterocycles. The van der Waals surface area contributed by atoms with Crippen LogP contribution in [-0.2, 0) is 7.05 Å². The van der Waals surface area contributed by atoms with Crippen molar-refractivity contribution in [3.05, 3.63) is 70.5 Å². The number of rotatable bonds is 2. The molecule has 4 aromatic rings. The number of hydrogen-bond donors (Lipinski definition) is 0. The van der Waals surface area contributed by atoms with Gasteiger partial charge < -0.3 is 4.52 Å². The lowest BCUT2D eigenvalue weighted by Crippen LogP contribution is -2.20. The minimum Gasteiger partial charge on any atom is -0.360 e. The Kier molecular flexibility index (Phi) is 3.50. The third-order valence-corrected chi connectivity index (χ3v) is 4.51. The molecule has 0 saturated carbocycles. The molecule has 0 radical (unpaired) electrons. The van der Waals surface area contributed by atoms with Gasteiger partial charge in [0.15, 0.2) is 0 Å². The van der Waals surface area contributed by atoms with E-state index in [4.69, 9.17) is 4.52 Å². The van der Waals surface area contributed by atoms with Crippen molar-refractivity contribution >= 4 is 10.9 Å². The van der Waals surface area contributed by atoms with E-state index >= 15 is 0 Å². The minimum absolute atomic E-state index is 0.0558. The molecule has 0 aliphatic heterocycles. The Hall–Kier alpha value is -3.21. The van der Waals surface area contributed by atoms with Crippen molar-refractivity contribution in [2.45, 2.75) is 13.8 Å². The molecule has 0 fully saturated rings. The van der Waals surface area contributed by atoms with Crippen molar-refractivity contribution in [2.24, 2.45) is 7.05 Å². The highest BCUT2D eigenvalue weighted by Gasteiger charge is 2.20. The maximum atomic E-state index is 12.6. The number of para-hydroxylation sites is 1. The van der Waals surface area contributed by atoms with Crippen molar-refractivity contribution in [1.82, 2.24) is 14.7 Å². The van der Waals surface area contributed by atoms with Gasteiger partial charge in [-0.15, -0.1) is 0 Å². The maximum absolute atomic E-state index is 12.6. The first-order valence-electron chi connectivity index (χ1n) is 8.06. The molecule has 0 spiro atoms. The van der Waals surface area contributed by atoms with Crippen LogP contribution in [0.25, 0.3) is 33.3 Å². The summed E-state index contributed by atoms with van der Waals surface area (Å²) in [4.78, 5) is 17.3. The molecule has 0 amide bonds. The van der Waals surface area contributed by atoms with Crippen LogP contribution in [0.2, 0.25) is 0 Å².